The zero-order valence-corrected chi connectivity index (χ0v) is 16.7. The second kappa shape index (κ2) is 8.75. The Bertz CT molecular complexity index is 1140. The summed E-state index contributed by atoms with van der Waals surface area (Å²) >= 11 is 6.17. The fourth-order valence-electron chi connectivity index (χ4n) is 2.80. The Hall–Kier alpha value is -3.38. The van der Waals surface area contributed by atoms with Gasteiger partial charge in [-0.05, 0) is 42.3 Å². The van der Waals surface area contributed by atoms with E-state index in [0.717, 1.165) is 11.1 Å². The molecular weight excluding hydrogens is 392 g/mol. The Balaban J connectivity index is 1.86. The van der Waals surface area contributed by atoms with Gasteiger partial charge in [0.1, 0.15) is 0 Å². The van der Waals surface area contributed by atoms with Gasteiger partial charge in [0.05, 0.1) is 24.8 Å². The van der Waals surface area contributed by atoms with Crippen molar-refractivity contribution in [2.45, 2.75) is 13.5 Å². The minimum atomic E-state index is -0.492. The SMILES string of the molecule is COC(=O)c1ccc(C)c(NC(=O)c2ccc(=O)n(Cc3ccccc3Cl)c2)c1. The third-order valence-corrected chi connectivity index (χ3v) is 4.82. The fourth-order valence-corrected chi connectivity index (χ4v) is 2.99. The van der Waals surface area contributed by atoms with Gasteiger partial charge in [-0.2, -0.15) is 0 Å². The third kappa shape index (κ3) is 4.73. The van der Waals surface area contributed by atoms with E-state index in [2.05, 4.69) is 5.32 Å². The lowest BCUT2D eigenvalue weighted by Gasteiger charge is -2.12. The molecule has 2 aromatic carbocycles. The molecule has 0 bridgehead atoms. The Kier molecular flexibility index (Phi) is 6.14. The first-order valence-electron chi connectivity index (χ1n) is 8.83. The molecule has 0 aliphatic heterocycles. The first-order valence-corrected chi connectivity index (χ1v) is 9.21. The molecule has 0 fully saturated rings. The van der Waals surface area contributed by atoms with Crippen LogP contribution in [0.25, 0.3) is 0 Å². The molecular formula is C22H19ClN2O4. The number of carbonyl (C=O) groups is 2. The van der Waals surface area contributed by atoms with E-state index in [-0.39, 0.29) is 12.1 Å². The molecule has 1 heterocycles. The molecule has 3 rings (SSSR count). The van der Waals surface area contributed by atoms with Gasteiger partial charge in [-0.25, -0.2) is 4.79 Å². The van der Waals surface area contributed by atoms with Gasteiger partial charge in [0.2, 0.25) is 0 Å². The van der Waals surface area contributed by atoms with Crippen molar-refractivity contribution in [2.75, 3.05) is 12.4 Å². The minimum Gasteiger partial charge on any atom is -0.465 e. The average molecular weight is 411 g/mol. The van der Waals surface area contributed by atoms with Crippen molar-refractivity contribution < 1.29 is 14.3 Å². The molecule has 29 heavy (non-hydrogen) atoms. The Morgan fingerprint density at radius 2 is 1.79 bits per heavy atom. The molecule has 7 heteroatoms. The number of esters is 1. The lowest BCUT2D eigenvalue weighted by Crippen LogP contribution is -2.23. The highest BCUT2D eigenvalue weighted by Gasteiger charge is 2.13. The second-order valence-corrected chi connectivity index (χ2v) is 6.86. The fraction of sp³-hybridized carbons (Fsp3) is 0.136. The Morgan fingerprint density at radius 1 is 1.07 bits per heavy atom. The zero-order chi connectivity index (χ0) is 21.0. The van der Waals surface area contributed by atoms with Crippen molar-refractivity contribution in [3.63, 3.8) is 0 Å². The molecule has 1 N–H and O–H groups in total. The molecule has 0 aliphatic rings. The molecule has 1 amide bonds. The van der Waals surface area contributed by atoms with Gasteiger partial charge in [-0.3, -0.25) is 9.59 Å². The van der Waals surface area contributed by atoms with E-state index in [0.29, 0.717) is 21.8 Å². The monoisotopic (exact) mass is 410 g/mol. The molecule has 0 unspecified atom stereocenters. The van der Waals surface area contributed by atoms with Crippen LogP contribution < -0.4 is 10.9 Å². The molecule has 0 saturated carbocycles. The number of nitrogens with one attached hydrogen (secondary N) is 1. The molecule has 148 valence electrons. The lowest BCUT2D eigenvalue weighted by atomic mass is 10.1. The number of aromatic nitrogens is 1. The maximum atomic E-state index is 12.7. The summed E-state index contributed by atoms with van der Waals surface area (Å²) in [6, 6.07) is 14.9. The van der Waals surface area contributed by atoms with Crippen LogP contribution in [0.3, 0.4) is 0 Å². The summed E-state index contributed by atoms with van der Waals surface area (Å²) in [7, 11) is 1.29. The van der Waals surface area contributed by atoms with Crippen LogP contribution >= 0.6 is 11.6 Å². The van der Waals surface area contributed by atoms with E-state index in [4.69, 9.17) is 16.3 Å². The van der Waals surface area contributed by atoms with Crippen molar-refractivity contribution >= 4 is 29.2 Å². The first-order chi connectivity index (χ1) is 13.9. The summed E-state index contributed by atoms with van der Waals surface area (Å²) in [5.74, 6) is -0.892. The highest BCUT2D eigenvalue weighted by atomic mass is 35.5. The number of benzene rings is 2. The summed E-state index contributed by atoms with van der Waals surface area (Å²) < 4.78 is 6.14. The van der Waals surface area contributed by atoms with Gasteiger partial charge in [-0.15, -0.1) is 0 Å². The van der Waals surface area contributed by atoms with Crippen LogP contribution in [0.2, 0.25) is 5.02 Å². The zero-order valence-electron chi connectivity index (χ0n) is 15.9. The van der Waals surface area contributed by atoms with E-state index in [9.17, 15) is 14.4 Å². The van der Waals surface area contributed by atoms with Gasteiger partial charge < -0.3 is 14.6 Å². The molecule has 0 radical (unpaired) electrons. The maximum absolute atomic E-state index is 12.7. The van der Waals surface area contributed by atoms with E-state index in [1.54, 1.807) is 24.3 Å². The van der Waals surface area contributed by atoms with Crippen molar-refractivity contribution in [1.29, 1.82) is 0 Å². The summed E-state index contributed by atoms with van der Waals surface area (Å²) in [6.07, 6.45) is 1.49. The molecule has 0 atom stereocenters. The highest BCUT2D eigenvalue weighted by Crippen LogP contribution is 2.19. The number of amides is 1. The molecule has 0 saturated heterocycles. The van der Waals surface area contributed by atoms with E-state index in [1.165, 1.54) is 30.0 Å². The number of methoxy groups -OCH3 is 1. The van der Waals surface area contributed by atoms with E-state index >= 15 is 0 Å². The van der Waals surface area contributed by atoms with Crippen LogP contribution in [0.1, 0.15) is 31.8 Å². The molecule has 6 nitrogen and oxygen atoms in total. The van der Waals surface area contributed by atoms with Gasteiger partial charge in [0.15, 0.2) is 0 Å². The summed E-state index contributed by atoms with van der Waals surface area (Å²) in [5, 5.41) is 3.33. The molecule has 0 spiro atoms. The topological polar surface area (TPSA) is 77.4 Å². The average Bonchev–Trinajstić information content (AvgIpc) is 2.72. The quantitative estimate of drug-likeness (QED) is 0.647. The van der Waals surface area contributed by atoms with Crippen LogP contribution in [0.15, 0.2) is 65.6 Å². The van der Waals surface area contributed by atoms with Gasteiger partial charge >= 0.3 is 5.97 Å². The normalized spacial score (nSPS) is 10.4. The number of hydrogen-bond acceptors (Lipinski definition) is 4. The number of hydrogen-bond donors (Lipinski definition) is 1. The van der Waals surface area contributed by atoms with Crippen molar-refractivity contribution in [2.24, 2.45) is 0 Å². The van der Waals surface area contributed by atoms with E-state index in [1.807, 2.05) is 25.1 Å². The first kappa shape index (κ1) is 20.4. The largest absolute Gasteiger partial charge is 0.465 e. The number of carbonyl (C=O) groups excluding carboxylic acids is 2. The van der Waals surface area contributed by atoms with Crippen molar-refractivity contribution in [3.8, 4) is 0 Å². The van der Waals surface area contributed by atoms with Crippen LogP contribution in [0.4, 0.5) is 5.69 Å². The van der Waals surface area contributed by atoms with E-state index < -0.39 is 11.9 Å². The molecule has 0 aliphatic carbocycles. The number of rotatable bonds is 5. The van der Waals surface area contributed by atoms with Crippen molar-refractivity contribution in [3.05, 3.63) is 98.4 Å². The third-order valence-electron chi connectivity index (χ3n) is 4.45. The van der Waals surface area contributed by atoms with Gasteiger partial charge in [0.25, 0.3) is 11.5 Å². The van der Waals surface area contributed by atoms with Crippen LogP contribution in [-0.4, -0.2) is 23.6 Å². The summed E-state index contributed by atoms with van der Waals surface area (Å²) in [6.45, 7) is 2.06. The number of anilines is 1. The maximum Gasteiger partial charge on any atom is 0.337 e. The predicted molar refractivity (Wildman–Crippen MR) is 112 cm³/mol. The second-order valence-electron chi connectivity index (χ2n) is 6.45. The molecule has 1 aromatic heterocycles. The van der Waals surface area contributed by atoms with Gasteiger partial charge in [0, 0.05) is 23.0 Å². The summed E-state index contributed by atoms with van der Waals surface area (Å²) in [4.78, 5) is 36.7. The Morgan fingerprint density at radius 3 is 2.52 bits per heavy atom. The van der Waals surface area contributed by atoms with Crippen molar-refractivity contribution in [1.82, 2.24) is 4.57 Å². The van der Waals surface area contributed by atoms with Crippen LogP contribution in [0.5, 0.6) is 0 Å². The van der Waals surface area contributed by atoms with Gasteiger partial charge in [-0.1, -0.05) is 35.9 Å². The standard InChI is InChI=1S/C22H19ClN2O4/c1-14-7-8-15(22(28)29-2)11-19(14)24-21(27)17-9-10-20(26)25(13-17)12-16-5-3-4-6-18(16)23/h3-11,13H,12H2,1-2H3,(H,24,27). The number of ether oxygens (including phenoxy) is 1. The number of aryl methyl sites for hydroxylation is 1. The number of halogens is 1. The summed E-state index contributed by atoms with van der Waals surface area (Å²) in [5.41, 5.74) is 2.44. The number of pyridine rings is 1. The smallest absolute Gasteiger partial charge is 0.337 e. The predicted octanol–water partition coefficient (Wildman–Crippen LogP) is 3.90. The van der Waals surface area contributed by atoms with Crippen LogP contribution in [-0.2, 0) is 11.3 Å². The molecule has 3 aromatic rings. The van der Waals surface area contributed by atoms with Crippen LogP contribution in [0, 0.1) is 6.92 Å². The lowest BCUT2D eigenvalue weighted by molar-refractivity contribution is 0.0600. The Labute approximate surface area is 172 Å². The number of nitrogens with zero attached hydrogens (tertiary/aromatic N) is 1. The minimum absolute atomic E-state index is 0.245. The highest BCUT2D eigenvalue weighted by molar-refractivity contribution is 6.31.